The summed E-state index contributed by atoms with van der Waals surface area (Å²) in [4.78, 5) is 4.83. The first-order valence-electron chi connectivity index (χ1n) is 10.1. The van der Waals surface area contributed by atoms with Crippen LogP contribution < -0.4 is 0 Å². The summed E-state index contributed by atoms with van der Waals surface area (Å²) in [6.07, 6.45) is 1.72. The van der Waals surface area contributed by atoms with Gasteiger partial charge in [0.2, 0.25) is 0 Å². The molecule has 6 nitrogen and oxygen atoms in total. The predicted octanol–water partition coefficient (Wildman–Crippen LogP) is 5.09. The Bertz CT molecular complexity index is 1340. The smallest absolute Gasteiger partial charge is 0.179 e. The van der Waals surface area contributed by atoms with Gasteiger partial charge in [-0.05, 0) is 24.6 Å². The zero-order valence-electron chi connectivity index (χ0n) is 17.4. The molecule has 1 heterocycles. The van der Waals surface area contributed by atoms with E-state index in [-0.39, 0.29) is 12.8 Å². The van der Waals surface area contributed by atoms with Gasteiger partial charge in [0.05, 0.1) is 35.7 Å². The molecule has 3 aromatic rings. The minimum atomic E-state index is -1.78. The summed E-state index contributed by atoms with van der Waals surface area (Å²) in [7, 11) is 0. The van der Waals surface area contributed by atoms with Gasteiger partial charge in [-0.3, -0.25) is 4.57 Å². The lowest BCUT2D eigenvalue weighted by atomic mass is 9.58. The predicted molar refractivity (Wildman–Crippen MR) is 118 cm³/mol. The molecule has 0 atom stereocenters. The Hall–Kier alpha value is -4.65. The monoisotopic (exact) mass is 414 g/mol. The van der Waals surface area contributed by atoms with Gasteiger partial charge in [-0.1, -0.05) is 54.6 Å². The number of aromatic nitrogens is 2. The first-order chi connectivity index (χ1) is 15.5. The third-order valence-corrected chi connectivity index (χ3v) is 6.01. The number of nitriles is 4. The molecule has 6 heteroatoms. The van der Waals surface area contributed by atoms with Gasteiger partial charge in [0.25, 0.3) is 0 Å². The third-order valence-electron chi connectivity index (χ3n) is 6.01. The highest BCUT2D eigenvalue weighted by Gasteiger charge is 2.56. The van der Waals surface area contributed by atoms with Crippen LogP contribution in [0.1, 0.15) is 24.4 Å². The van der Waals surface area contributed by atoms with Crippen LogP contribution in [0.3, 0.4) is 0 Å². The summed E-state index contributed by atoms with van der Waals surface area (Å²) in [5, 5.41) is 39.2. The van der Waals surface area contributed by atoms with E-state index in [0.717, 1.165) is 22.8 Å². The van der Waals surface area contributed by atoms with Crippen LogP contribution >= 0.6 is 0 Å². The maximum absolute atomic E-state index is 9.90. The van der Waals surface area contributed by atoms with E-state index in [1.165, 1.54) is 0 Å². The number of hydrogen-bond acceptors (Lipinski definition) is 5. The van der Waals surface area contributed by atoms with E-state index in [1.54, 1.807) is 6.08 Å². The molecule has 0 amide bonds. The highest BCUT2D eigenvalue weighted by molar-refractivity contribution is 5.80. The van der Waals surface area contributed by atoms with Crippen molar-refractivity contribution in [2.24, 2.45) is 10.8 Å². The number of imidazole rings is 1. The van der Waals surface area contributed by atoms with Crippen molar-refractivity contribution in [1.29, 1.82) is 21.0 Å². The normalized spacial score (nSPS) is 16.0. The van der Waals surface area contributed by atoms with Crippen LogP contribution in [-0.4, -0.2) is 9.55 Å². The molecule has 2 aromatic carbocycles. The highest BCUT2D eigenvalue weighted by Crippen LogP contribution is 2.52. The molecule has 0 aliphatic heterocycles. The Morgan fingerprint density at radius 1 is 0.812 bits per heavy atom. The van der Waals surface area contributed by atoms with Gasteiger partial charge < -0.3 is 0 Å². The second-order valence-corrected chi connectivity index (χ2v) is 7.76. The van der Waals surface area contributed by atoms with E-state index in [0.29, 0.717) is 11.3 Å². The molecule has 0 N–H and O–H groups in total. The van der Waals surface area contributed by atoms with Crippen molar-refractivity contribution < 1.29 is 0 Å². The Balaban J connectivity index is 1.98. The van der Waals surface area contributed by atoms with Gasteiger partial charge >= 0.3 is 0 Å². The summed E-state index contributed by atoms with van der Waals surface area (Å²) < 4.78 is 2.04. The topological polar surface area (TPSA) is 113 Å². The molecule has 1 aromatic heterocycles. The summed E-state index contributed by atoms with van der Waals surface area (Å²) in [6, 6.07) is 27.5. The maximum Gasteiger partial charge on any atom is 0.179 e. The average Bonchev–Trinajstić information content (AvgIpc) is 3.21. The van der Waals surface area contributed by atoms with E-state index in [1.807, 2.05) is 96.4 Å². The van der Waals surface area contributed by atoms with Crippen molar-refractivity contribution in [3.8, 4) is 41.2 Å². The molecule has 1 aliphatic carbocycles. The van der Waals surface area contributed by atoms with E-state index in [2.05, 4.69) is 0 Å². The van der Waals surface area contributed by atoms with Crippen LogP contribution in [0, 0.1) is 63.1 Å². The van der Waals surface area contributed by atoms with Crippen LogP contribution in [0.25, 0.3) is 22.5 Å². The summed E-state index contributed by atoms with van der Waals surface area (Å²) in [6.45, 7) is 1.91. The molecule has 0 bridgehead atoms. The number of nitrogens with zero attached hydrogens (tertiary/aromatic N) is 6. The van der Waals surface area contributed by atoms with E-state index in [9.17, 15) is 21.0 Å². The Morgan fingerprint density at radius 3 is 1.94 bits per heavy atom. The first kappa shape index (κ1) is 20.6. The summed E-state index contributed by atoms with van der Waals surface area (Å²) in [5.74, 6) is 0.753. The summed E-state index contributed by atoms with van der Waals surface area (Å²) in [5.41, 5.74) is 0.552. The fourth-order valence-electron chi connectivity index (χ4n) is 4.25. The number of aryl methyl sites for hydroxylation is 1. The standard InChI is InChI=1S/C26H18N6/c1-19-31-23(21-12-13-25(15-27,16-28)26(14-21,17-29)18-30)24(20-8-4-2-5-9-20)32(19)22-10-6-3-7-11-22/h2-12H,13-14H2,1H3. The quantitative estimate of drug-likeness (QED) is 0.592. The minimum Gasteiger partial charge on any atom is -0.296 e. The van der Waals surface area contributed by atoms with Crippen molar-refractivity contribution in [2.45, 2.75) is 19.8 Å². The maximum atomic E-state index is 9.90. The lowest BCUT2D eigenvalue weighted by molar-refractivity contribution is 0.296. The molecule has 0 saturated carbocycles. The fourth-order valence-corrected chi connectivity index (χ4v) is 4.25. The average molecular weight is 414 g/mol. The van der Waals surface area contributed by atoms with Crippen molar-refractivity contribution in [2.75, 3.05) is 0 Å². The number of rotatable bonds is 3. The zero-order chi connectivity index (χ0) is 22.8. The van der Waals surface area contributed by atoms with Crippen LogP contribution in [0.2, 0.25) is 0 Å². The van der Waals surface area contributed by atoms with Gasteiger partial charge in [-0.2, -0.15) is 21.0 Å². The zero-order valence-corrected chi connectivity index (χ0v) is 17.4. The van der Waals surface area contributed by atoms with Crippen molar-refractivity contribution in [1.82, 2.24) is 9.55 Å². The molecular formula is C26H18N6. The number of hydrogen-bond donors (Lipinski definition) is 0. The second kappa shape index (κ2) is 7.88. The lowest BCUT2D eigenvalue weighted by Gasteiger charge is -2.34. The molecule has 0 unspecified atom stereocenters. The van der Waals surface area contributed by atoms with Crippen LogP contribution in [0.5, 0.6) is 0 Å². The van der Waals surface area contributed by atoms with Gasteiger partial charge in [0.1, 0.15) is 5.82 Å². The molecule has 0 fully saturated rings. The third kappa shape index (κ3) is 2.95. The highest BCUT2D eigenvalue weighted by atomic mass is 15.1. The molecule has 0 saturated heterocycles. The Labute approximate surface area is 186 Å². The molecule has 152 valence electrons. The van der Waals surface area contributed by atoms with Crippen LogP contribution in [0.4, 0.5) is 0 Å². The van der Waals surface area contributed by atoms with E-state index in [4.69, 9.17) is 4.98 Å². The minimum absolute atomic E-state index is 0.0120. The molecule has 1 aliphatic rings. The second-order valence-electron chi connectivity index (χ2n) is 7.76. The van der Waals surface area contributed by atoms with Crippen LogP contribution in [-0.2, 0) is 0 Å². The van der Waals surface area contributed by atoms with Crippen molar-refractivity contribution >= 4 is 5.57 Å². The van der Waals surface area contributed by atoms with Crippen molar-refractivity contribution in [3.63, 3.8) is 0 Å². The van der Waals surface area contributed by atoms with Gasteiger partial charge in [-0.25, -0.2) is 4.98 Å². The van der Waals surface area contributed by atoms with Gasteiger partial charge in [-0.15, -0.1) is 0 Å². The molecule has 0 radical (unpaired) electrons. The first-order valence-corrected chi connectivity index (χ1v) is 10.1. The lowest BCUT2D eigenvalue weighted by Crippen LogP contribution is -2.40. The van der Waals surface area contributed by atoms with Crippen LogP contribution in [0.15, 0.2) is 66.7 Å². The molecule has 4 rings (SSSR count). The molecule has 0 spiro atoms. The largest absolute Gasteiger partial charge is 0.296 e. The summed E-state index contributed by atoms with van der Waals surface area (Å²) >= 11 is 0. The number of allylic oxidation sites excluding steroid dienone is 2. The number of benzene rings is 2. The molecule has 32 heavy (non-hydrogen) atoms. The van der Waals surface area contributed by atoms with Crippen molar-refractivity contribution in [3.05, 3.63) is 78.3 Å². The van der Waals surface area contributed by atoms with Gasteiger partial charge in [0, 0.05) is 24.1 Å². The number of para-hydroxylation sites is 1. The van der Waals surface area contributed by atoms with E-state index >= 15 is 0 Å². The van der Waals surface area contributed by atoms with Gasteiger partial charge in [0.15, 0.2) is 10.8 Å². The fraction of sp³-hybridized carbons (Fsp3) is 0.192. The Morgan fingerprint density at radius 2 is 1.38 bits per heavy atom. The molecular weight excluding hydrogens is 396 g/mol. The SMILES string of the molecule is Cc1nc(C2=CCC(C#N)(C#N)C(C#N)(C#N)C2)c(-c2ccccc2)n1-c1ccccc1. The van der Waals surface area contributed by atoms with E-state index < -0.39 is 10.8 Å². The Kier molecular flexibility index (Phi) is 5.08.